The Morgan fingerprint density at radius 1 is 1.26 bits per heavy atom. The van der Waals surface area contributed by atoms with Gasteiger partial charge in [0.1, 0.15) is 5.82 Å². The second kappa shape index (κ2) is 8.96. The van der Waals surface area contributed by atoms with Gasteiger partial charge in [-0.1, -0.05) is 18.7 Å². The number of aryl methyl sites for hydroxylation is 2. The first-order chi connectivity index (χ1) is 18.2. The van der Waals surface area contributed by atoms with E-state index in [1.165, 1.54) is 23.4 Å². The van der Waals surface area contributed by atoms with Crippen LogP contribution in [0.1, 0.15) is 46.8 Å². The number of phenols is 1. The largest absolute Gasteiger partial charge is 0.504 e. The molecular weight excluding hydrogens is 481 g/mol. The van der Waals surface area contributed by atoms with Crippen molar-refractivity contribution in [1.29, 1.82) is 0 Å². The van der Waals surface area contributed by atoms with E-state index in [4.69, 9.17) is 4.98 Å². The van der Waals surface area contributed by atoms with Crippen molar-refractivity contribution in [1.82, 2.24) is 19.7 Å². The van der Waals surface area contributed by atoms with E-state index in [0.717, 1.165) is 80.1 Å². The minimum atomic E-state index is -0.616. The first-order valence-corrected chi connectivity index (χ1v) is 13.4. The highest BCUT2D eigenvalue weighted by molar-refractivity contribution is 5.88. The number of hydrogen-bond acceptors (Lipinski definition) is 5. The maximum atomic E-state index is 14.5. The topological polar surface area (TPSA) is 74.5 Å². The van der Waals surface area contributed by atoms with Crippen LogP contribution in [0.5, 0.6) is 5.75 Å². The number of pyridine rings is 1. The Kier molecular flexibility index (Phi) is 5.81. The molecule has 7 nitrogen and oxygen atoms in total. The molecule has 3 aromatic rings. The van der Waals surface area contributed by atoms with Crippen LogP contribution in [0.25, 0.3) is 11.1 Å². The quantitative estimate of drug-likeness (QED) is 0.520. The van der Waals surface area contributed by atoms with E-state index in [2.05, 4.69) is 23.5 Å². The summed E-state index contributed by atoms with van der Waals surface area (Å²) in [6.45, 7) is 10.9. The SMILES string of the molecule is C=CC(=O)N1CC2(CCN(c3nc4c(c(-c5cccc(F)c5O)c3C)CC[C@@H](c3c(C)cnn3C)C4)C2)C1. The highest BCUT2D eigenvalue weighted by atomic mass is 19.1. The Bertz CT molecular complexity index is 1440. The average Bonchev–Trinajstić information content (AvgIpc) is 3.48. The second-order valence-electron chi connectivity index (χ2n) is 11.3. The molecule has 1 aromatic carbocycles. The summed E-state index contributed by atoms with van der Waals surface area (Å²) >= 11 is 0. The molecule has 0 bridgehead atoms. The molecule has 0 radical (unpaired) electrons. The van der Waals surface area contributed by atoms with Gasteiger partial charge in [-0.05, 0) is 73.9 Å². The molecule has 0 saturated carbocycles. The number of fused-ring (bicyclic) bond motifs is 1. The van der Waals surface area contributed by atoms with Crippen LogP contribution in [-0.4, -0.2) is 56.9 Å². The summed E-state index contributed by atoms with van der Waals surface area (Å²) in [5, 5.41) is 15.2. The van der Waals surface area contributed by atoms with E-state index in [1.54, 1.807) is 12.1 Å². The number of amides is 1. The molecule has 2 aliphatic heterocycles. The molecule has 198 valence electrons. The van der Waals surface area contributed by atoms with Crippen molar-refractivity contribution in [2.75, 3.05) is 31.1 Å². The number of nitrogens with zero attached hydrogens (tertiary/aromatic N) is 5. The van der Waals surface area contributed by atoms with Crippen molar-refractivity contribution >= 4 is 11.7 Å². The fraction of sp³-hybridized carbons (Fsp3) is 0.433. The molecular formula is C30H34FN5O2. The number of rotatable bonds is 4. The zero-order valence-corrected chi connectivity index (χ0v) is 22.3. The molecule has 1 aliphatic carbocycles. The van der Waals surface area contributed by atoms with Gasteiger partial charge in [0, 0.05) is 61.5 Å². The molecule has 0 unspecified atom stereocenters. The minimum absolute atomic E-state index is 0.0162. The monoisotopic (exact) mass is 515 g/mol. The molecule has 8 heteroatoms. The molecule has 2 saturated heterocycles. The van der Waals surface area contributed by atoms with Crippen molar-refractivity contribution in [3.8, 4) is 16.9 Å². The summed E-state index contributed by atoms with van der Waals surface area (Å²) in [5.74, 6) is 0.250. The first-order valence-electron chi connectivity index (χ1n) is 13.4. The molecule has 6 rings (SSSR count). The number of aromatic hydroxyl groups is 1. The van der Waals surface area contributed by atoms with Crippen LogP contribution in [-0.2, 0) is 24.7 Å². The summed E-state index contributed by atoms with van der Waals surface area (Å²) in [4.78, 5) is 21.5. The lowest BCUT2D eigenvalue weighted by molar-refractivity contribution is -0.136. The highest BCUT2D eigenvalue weighted by Crippen LogP contribution is 2.47. The zero-order valence-electron chi connectivity index (χ0n) is 22.3. The lowest BCUT2D eigenvalue weighted by Gasteiger charge is -2.47. The lowest BCUT2D eigenvalue weighted by atomic mass is 9.79. The van der Waals surface area contributed by atoms with E-state index >= 15 is 0 Å². The highest BCUT2D eigenvalue weighted by Gasteiger charge is 2.49. The first kappa shape index (κ1) is 24.6. The summed E-state index contributed by atoms with van der Waals surface area (Å²) in [5.41, 5.74) is 6.99. The Labute approximate surface area is 222 Å². The number of benzene rings is 1. The summed E-state index contributed by atoms with van der Waals surface area (Å²) < 4.78 is 16.5. The molecule has 1 spiro atoms. The predicted octanol–water partition coefficient (Wildman–Crippen LogP) is 4.44. The molecule has 1 N–H and O–H groups in total. The molecule has 1 atom stereocenters. The van der Waals surface area contributed by atoms with Gasteiger partial charge in [-0.2, -0.15) is 5.10 Å². The van der Waals surface area contributed by atoms with Crippen molar-refractivity contribution in [3.63, 3.8) is 0 Å². The van der Waals surface area contributed by atoms with Gasteiger partial charge in [0.15, 0.2) is 11.6 Å². The third-order valence-corrected chi connectivity index (χ3v) is 8.88. The van der Waals surface area contributed by atoms with Crippen LogP contribution in [0.4, 0.5) is 10.2 Å². The number of hydrogen-bond donors (Lipinski definition) is 1. The van der Waals surface area contributed by atoms with Gasteiger partial charge >= 0.3 is 0 Å². The van der Waals surface area contributed by atoms with Crippen LogP contribution in [0, 0.1) is 25.1 Å². The number of para-hydroxylation sites is 1. The van der Waals surface area contributed by atoms with Gasteiger partial charge in [0.2, 0.25) is 5.91 Å². The lowest BCUT2D eigenvalue weighted by Crippen LogP contribution is -2.59. The molecule has 4 heterocycles. The van der Waals surface area contributed by atoms with Crippen LogP contribution < -0.4 is 4.90 Å². The Morgan fingerprint density at radius 2 is 2.05 bits per heavy atom. The molecule has 3 aliphatic rings. The summed E-state index contributed by atoms with van der Waals surface area (Å²) in [7, 11) is 1.99. The smallest absolute Gasteiger partial charge is 0.245 e. The van der Waals surface area contributed by atoms with Crippen molar-refractivity contribution < 1.29 is 14.3 Å². The van der Waals surface area contributed by atoms with Gasteiger partial charge in [-0.15, -0.1) is 0 Å². The molecule has 1 amide bonds. The van der Waals surface area contributed by atoms with Crippen LogP contribution >= 0.6 is 0 Å². The third-order valence-electron chi connectivity index (χ3n) is 8.88. The molecule has 2 aromatic heterocycles. The third kappa shape index (κ3) is 3.80. The van der Waals surface area contributed by atoms with E-state index in [9.17, 15) is 14.3 Å². The van der Waals surface area contributed by atoms with Gasteiger partial charge in [0.25, 0.3) is 0 Å². The van der Waals surface area contributed by atoms with Crippen LogP contribution in [0.15, 0.2) is 37.1 Å². The predicted molar refractivity (Wildman–Crippen MR) is 145 cm³/mol. The van der Waals surface area contributed by atoms with Crippen LogP contribution in [0.2, 0.25) is 0 Å². The number of likely N-dealkylation sites (tertiary alicyclic amines) is 1. The van der Waals surface area contributed by atoms with Crippen LogP contribution in [0.3, 0.4) is 0 Å². The Morgan fingerprint density at radius 3 is 2.76 bits per heavy atom. The fourth-order valence-corrected chi connectivity index (χ4v) is 7.04. The van der Waals surface area contributed by atoms with Crippen molar-refractivity contribution in [2.45, 2.75) is 45.4 Å². The van der Waals surface area contributed by atoms with Gasteiger partial charge in [-0.3, -0.25) is 9.48 Å². The Hall–Kier alpha value is -3.68. The van der Waals surface area contributed by atoms with E-state index in [0.29, 0.717) is 11.5 Å². The number of phenolic OH excluding ortho intramolecular Hbond substituents is 1. The number of halogens is 1. The summed E-state index contributed by atoms with van der Waals surface area (Å²) in [6, 6.07) is 4.75. The minimum Gasteiger partial charge on any atom is -0.504 e. The maximum absolute atomic E-state index is 14.5. The second-order valence-corrected chi connectivity index (χ2v) is 11.3. The average molecular weight is 516 g/mol. The van der Waals surface area contributed by atoms with Gasteiger partial charge < -0.3 is 14.9 Å². The summed E-state index contributed by atoms with van der Waals surface area (Å²) in [6.07, 6.45) is 6.80. The molecule has 2 fully saturated rings. The number of anilines is 1. The normalized spacial score (nSPS) is 19.9. The number of aromatic nitrogens is 3. The van der Waals surface area contributed by atoms with Gasteiger partial charge in [0.05, 0.1) is 6.20 Å². The van der Waals surface area contributed by atoms with Crippen molar-refractivity contribution in [3.05, 3.63) is 70.9 Å². The number of carbonyl (C=O) groups excluding carboxylic acids is 1. The van der Waals surface area contributed by atoms with E-state index in [-0.39, 0.29) is 17.1 Å². The molecule has 38 heavy (non-hydrogen) atoms. The zero-order chi connectivity index (χ0) is 26.8. The van der Waals surface area contributed by atoms with Gasteiger partial charge in [-0.25, -0.2) is 9.37 Å². The Balaban J connectivity index is 1.41. The van der Waals surface area contributed by atoms with E-state index < -0.39 is 5.82 Å². The number of carbonyl (C=O) groups is 1. The van der Waals surface area contributed by atoms with Crippen molar-refractivity contribution in [2.24, 2.45) is 12.5 Å². The standard InChI is InChI=1S/C30H34FN5O2/c1-5-25(37)36-16-30(17-36)11-12-35(15-30)29-19(3)26(22-7-6-8-23(31)28(22)38)21-10-9-20(13-24(21)33-29)27-18(2)14-32-34(27)4/h5-8,14,20,38H,1,9-13,15-17H2,2-4H3/t20-/m1/s1. The maximum Gasteiger partial charge on any atom is 0.245 e. The van der Waals surface area contributed by atoms with E-state index in [1.807, 2.05) is 29.7 Å². The fourth-order valence-electron chi connectivity index (χ4n) is 7.04.